The Labute approximate surface area is 347 Å². The van der Waals surface area contributed by atoms with Gasteiger partial charge in [0.1, 0.15) is 5.78 Å². The number of hydrogen-bond acceptors (Lipinski definition) is 5. The van der Waals surface area contributed by atoms with Gasteiger partial charge < -0.3 is 18.3 Å². The molecule has 0 aromatic rings. The third-order valence-corrected chi connectivity index (χ3v) is 25.3. The molecule has 0 aromatic heterocycles. The second-order valence-electron chi connectivity index (χ2n) is 23.0. The lowest BCUT2D eigenvalue weighted by atomic mass is 9.57. The van der Waals surface area contributed by atoms with E-state index in [0.717, 1.165) is 70.8 Å². The smallest absolute Gasteiger partial charge is 0.192 e. The Balaban J connectivity index is 1.36. The number of carbonyl (C=O) groups excluding carboxylic acids is 1. The van der Waals surface area contributed by atoms with E-state index in [1.807, 2.05) is 0 Å². The van der Waals surface area contributed by atoms with Crippen molar-refractivity contribution in [3.63, 3.8) is 0 Å². The zero-order chi connectivity index (χ0) is 41.4. The first kappa shape index (κ1) is 46.2. The second kappa shape index (κ2) is 17.6. The van der Waals surface area contributed by atoms with Gasteiger partial charge in [0, 0.05) is 13.0 Å². The molecule has 4 aliphatic carbocycles. The summed E-state index contributed by atoms with van der Waals surface area (Å²) in [7, 11) is -3.85. The van der Waals surface area contributed by atoms with Crippen LogP contribution in [0.2, 0.25) is 36.3 Å². The van der Waals surface area contributed by atoms with E-state index in [4.69, 9.17) is 18.3 Å². The van der Waals surface area contributed by atoms with Gasteiger partial charge in [-0.05, 0) is 149 Å². The summed E-state index contributed by atoms with van der Waals surface area (Å²) in [5.74, 6) is 1.59. The van der Waals surface area contributed by atoms with Crippen molar-refractivity contribution in [1.82, 2.24) is 0 Å². The minimum absolute atomic E-state index is 0.00598. The Morgan fingerprint density at radius 3 is 2.02 bits per heavy atom. The fourth-order valence-electron chi connectivity index (χ4n) is 10.6. The average molecular weight is 811 g/mol. The summed E-state index contributed by atoms with van der Waals surface area (Å²) in [6, 6.07) is 0. The maximum absolute atomic E-state index is 13.7. The van der Waals surface area contributed by atoms with E-state index in [0.29, 0.717) is 24.0 Å². The van der Waals surface area contributed by atoms with Crippen LogP contribution in [0.15, 0.2) is 35.5 Å². The van der Waals surface area contributed by atoms with Crippen molar-refractivity contribution in [2.75, 3.05) is 6.61 Å². The summed E-state index contributed by atoms with van der Waals surface area (Å²) in [4.78, 5) is 13.7. The second-order valence-corrected chi connectivity index (χ2v) is 32.5. The minimum Gasteiger partial charge on any atom is -0.414 e. The van der Waals surface area contributed by atoms with Gasteiger partial charge in [-0.1, -0.05) is 111 Å². The van der Waals surface area contributed by atoms with Gasteiger partial charge in [0.2, 0.25) is 0 Å². The molecule has 5 nitrogen and oxygen atoms in total. The lowest BCUT2D eigenvalue weighted by Gasteiger charge is -2.47. The first-order chi connectivity index (χ1) is 25.9. The molecule has 5 aliphatic rings. The number of carbonyl (C=O) groups is 1. The maximum atomic E-state index is 13.7. The van der Waals surface area contributed by atoms with E-state index in [1.165, 1.54) is 37.7 Å². The number of hydrogen-bond donors (Lipinski definition) is 0. The van der Waals surface area contributed by atoms with Crippen LogP contribution in [0.4, 0.5) is 0 Å². The van der Waals surface area contributed by atoms with Gasteiger partial charge in [0.25, 0.3) is 0 Å². The van der Waals surface area contributed by atoms with E-state index >= 15 is 0 Å². The highest BCUT2D eigenvalue weighted by atomic mass is 28.4. The molecule has 0 aromatic carbocycles. The van der Waals surface area contributed by atoms with Crippen LogP contribution in [0.3, 0.4) is 0 Å². The van der Waals surface area contributed by atoms with Crippen molar-refractivity contribution in [3.8, 4) is 0 Å². The molecule has 320 valence electrons. The van der Waals surface area contributed by atoms with Gasteiger partial charge in [-0.2, -0.15) is 0 Å². The van der Waals surface area contributed by atoms with Crippen LogP contribution in [0.25, 0.3) is 0 Å². The molecule has 0 N–H and O–H groups in total. The van der Waals surface area contributed by atoms with E-state index < -0.39 is 16.6 Å². The van der Waals surface area contributed by atoms with Gasteiger partial charge in [-0.25, -0.2) is 0 Å². The van der Waals surface area contributed by atoms with Gasteiger partial charge in [0.05, 0.1) is 23.7 Å². The zero-order valence-electron chi connectivity index (χ0n) is 38.8. The van der Waals surface area contributed by atoms with Crippen molar-refractivity contribution < 1.29 is 23.1 Å². The summed E-state index contributed by atoms with van der Waals surface area (Å²) in [6.07, 6.45) is 27.0. The molecule has 7 atom stereocenters. The molecule has 7 heteroatoms. The third kappa shape index (κ3) is 10.5. The summed E-state index contributed by atoms with van der Waals surface area (Å²) in [6.45, 7) is 34.2. The van der Waals surface area contributed by atoms with Crippen LogP contribution in [-0.4, -0.2) is 53.6 Å². The standard InChI is InChI=1S/C49H86O5Si2/c1-15-16-21-42(50)49(30-31-49)43(52-44-22-17-18-32-51-44)27-29-47(8,9)41-26-25-40-37(20-19-28-48(40,41)10)24-23-36-33-38(53-55(11,12)45(2,3)4)35-39(34-36)54-56(13,14)46(5,6)7/h23-24,27,29,38-41,43-44H,15-22,25-26,28,30-35H2,1-14H3/b29-27+,37-24+/t38-,39-,40+,41-,43?,44?,48+/m1/s1. The molecule has 1 aliphatic heterocycles. The summed E-state index contributed by atoms with van der Waals surface area (Å²) in [5.41, 5.74) is 3.06. The Bertz CT molecular complexity index is 1390. The molecule has 5 fully saturated rings. The Morgan fingerprint density at radius 1 is 0.857 bits per heavy atom. The predicted molar refractivity (Wildman–Crippen MR) is 240 cm³/mol. The highest BCUT2D eigenvalue weighted by molar-refractivity contribution is 6.74. The first-order valence-corrected chi connectivity index (χ1v) is 29.0. The van der Waals surface area contributed by atoms with Crippen LogP contribution in [0, 0.1) is 28.1 Å². The summed E-state index contributed by atoms with van der Waals surface area (Å²) >= 11 is 0. The molecule has 0 bridgehead atoms. The lowest BCUT2D eigenvalue weighted by molar-refractivity contribution is -0.191. The SMILES string of the molecule is CCCCC(=O)C1(C(/C=C/C(C)(C)[C@H]2CC[C@H]3/C(=C/C=C4C[C@@H](O[Si](C)(C)C(C)(C)C)C[C@H](O[Si](C)(C)C(C)(C)C)C4)CCC[C@]23C)OC2CCCCO2)CC1. The highest BCUT2D eigenvalue weighted by Gasteiger charge is 2.57. The molecule has 1 heterocycles. The number of unbranched alkanes of at least 4 members (excludes halogenated alkanes) is 1. The molecule has 5 rings (SSSR count). The lowest BCUT2D eigenvalue weighted by Crippen LogP contribution is -2.48. The molecule has 1 saturated heterocycles. The molecular weight excluding hydrogens is 725 g/mol. The van der Waals surface area contributed by atoms with Crippen LogP contribution in [-0.2, 0) is 23.1 Å². The van der Waals surface area contributed by atoms with Gasteiger partial charge in [-0.15, -0.1) is 0 Å². The largest absolute Gasteiger partial charge is 0.414 e. The summed E-state index contributed by atoms with van der Waals surface area (Å²) in [5, 5.41) is 0.369. The normalized spacial score (nSPS) is 31.8. The molecular formula is C49H86O5Si2. The van der Waals surface area contributed by atoms with Gasteiger partial charge >= 0.3 is 0 Å². The monoisotopic (exact) mass is 811 g/mol. The van der Waals surface area contributed by atoms with E-state index in [1.54, 1.807) is 5.57 Å². The molecule has 56 heavy (non-hydrogen) atoms. The van der Waals surface area contributed by atoms with E-state index in [9.17, 15) is 4.79 Å². The molecule has 2 unspecified atom stereocenters. The van der Waals surface area contributed by atoms with Crippen LogP contribution >= 0.6 is 0 Å². The fourth-order valence-corrected chi connectivity index (χ4v) is 13.3. The Hall–Kier alpha value is -0.836. The predicted octanol–water partition coefficient (Wildman–Crippen LogP) is 14.1. The Morgan fingerprint density at radius 2 is 1.48 bits per heavy atom. The highest BCUT2D eigenvalue weighted by Crippen LogP contribution is 2.62. The van der Waals surface area contributed by atoms with Crippen molar-refractivity contribution in [1.29, 1.82) is 0 Å². The quantitative estimate of drug-likeness (QED) is 0.122. The maximum Gasteiger partial charge on any atom is 0.192 e. The Kier molecular flexibility index (Phi) is 14.6. The first-order valence-electron chi connectivity index (χ1n) is 23.2. The van der Waals surface area contributed by atoms with Crippen LogP contribution < -0.4 is 0 Å². The molecule has 4 saturated carbocycles. The molecule has 0 radical (unpaired) electrons. The average Bonchev–Trinajstić information content (AvgIpc) is 3.82. The fraction of sp³-hybridized carbons (Fsp3) is 0.857. The van der Waals surface area contributed by atoms with E-state index in [-0.39, 0.29) is 50.9 Å². The van der Waals surface area contributed by atoms with Crippen molar-refractivity contribution in [3.05, 3.63) is 35.5 Å². The minimum atomic E-state index is -1.92. The number of allylic oxidation sites excluding steroid dienone is 4. The molecule has 0 amide bonds. The van der Waals surface area contributed by atoms with Gasteiger partial charge in [0.15, 0.2) is 22.9 Å². The van der Waals surface area contributed by atoms with Crippen molar-refractivity contribution >= 4 is 22.4 Å². The number of ether oxygens (including phenoxy) is 2. The number of fused-ring (bicyclic) bond motifs is 1. The topological polar surface area (TPSA) is 54.0 Å². The molecule has 0 spiro atoms. The number of Topliss-reactive ketones (excluding diaryl/α,β-unsaturated/α-hetero) is 1. The third-order valence-electron chi connectivity index (χ3n) is 16.2. The number of rotatable bonds is 15. The van der Waals surface area contributed by atoms with Crippen molar-refractivity contribution in [2.24, 2.45) is 28.1 Å². The van der Waals surface area contributed by atoms with Crippen LogP contribution in [0.1, 0.15) is 172 Å². The van der Waals surface area contributed by atoms with Crippen LogP contribution in [0.5, 0.6) is 0 Å². The van der Waals surface area contributed by atoms with Crippen molar-refractivity contribution in [2.45, 2.75) is 233 Å². The van der Waals surface area contributed by atoms with E-state index in [2.05, 4.69) is 120 Å². The number of ketones is 1. The van der Waals surface area contributed by atoms with Gasteiger partial charge in [-0.3, -0.25) is 4.79 Å². The summed E-state index contributed by atoms with van der Waals surface area (Å²) < 4.78 is 27.1. The zero-order valence-corrected chi connectivity index (χ0v) is 40.8.